The summed E-state index contributed by atoms with van der Waals surface area (Å²) < 4.78 is 16.1. The number of ether oxygens (including phenoxy) is 3. The SMILES string of the molecule is COc1ccccc1COC(=O)CNC(=O)c1ccc(Oc2ccccc2)cc1. The Hall–Kier alpha value is -3.80. The highest BCUT2D eigenvalue weighted by Crippen LogP contribution is 2.21. The van der Waals surface area contributed by atoms with Gasteiger partial charge in [0.15, 0.2) is 0 Å². The first-order valence-corrected chi connectivity index (χ1v) is 9.04. The Bertz CT molecular complexity index is 955. The molecule has 0 fully saturated rings. The molecule has 6 nitrogen and oxygen atoms in total. The normalized spacial score (nSPS) is 10.1. The summed E-state index contributed by atoms with van der Waals surface area (Å²) >= 11 is 0. The predicted molar refractivity (Wildman–Crippen MR) is 108 cm³/mol. The topological polar surface area (TPSA) is 73.9 Å². The molecule has 0 saturated heterocycles. The van der Waals surface area contributed by atoms with Crippen LogP contribution < -0.4 is 14.8 Å². The van der Waals surface area contributed by atoms with Crippen LogP contribution in [0.3, 0.4) is 0 Å². The molecule has 0 aliphatic rings. The van der Waals surface area contributed by atoms with E-state index >= 15 is 0 Å². The highest BCUT2D eigenvalue weighted by Gasteiger charge is 2.11. The predicted octanol–water partition coefficient (Wildman–Crippen LogP) is 3.96. The molecule has 29 heavy (non-hydrogen) atoms. The number of carbonyl (C=O) groups is 2. The maximum atomic E-state index is 12.2. The number of benzene rings is 3. The summed E-state index contributed by atoms with van der Waals surface area (Å²) in [6, 6.07) is 23.3. The van der Waals surface area contributed by atoms with E-state index in [1.807, 2.05) is 48.5 Å². The van der Waals surface area contributed by atoms with Gasteiger partial charge in [-0.25, -0.2) is 0 Å². The van der Waals surface area contributed by atoms with Crippen LogP contribution in [0.4, 0.5) is 0 Å². The van der Waals surface area contributed by atoms with E-state index in [1.165, 1.54) is 0 Å². The number of amides is 1. The van der Waals surface area contributed by atoms with Gasteiger partial charge < -0.3 is 19.5 Å². The molecule has 3 aromatic carbocycles. The van der Waals surface area contributed by atoms with Crippen molar-refractivity contribution < 1.29 is 23.8 Å². The molecule has 0 atom stereocenters. The van der Waals surface area contributed by atoms with Crippen molar-refractivity contribution in [3.63, 3.8) is 0 Å². The molecule has 0 unspecified atom stereocenters. The van der Waals surface area contributed by atoms with Crippen molar-refractivity contribution in [1.29, 1.82) is 0 Å². The van der Waals surface area contributed by atoms with E-state index in [2.05, 4.69) is 5.32 Å². The van der Waals surface area contributed by atoms with Crippen LogP contribution in [0.25, 0.3) is 0 Å². The van der Waals surface area contributed by atoms with E-state index in [9.17, 15) is 9.59 Å². The molecular formula is C23H21NO5. The Morgan fingerprint density at radius 2 is 1.48 bits per heavy atom. The molecule has 6 heteroatoms. The van der Waals surface area contributed by atoms with Crippen LogP contribution in [0.2, 0.25) is 0 Å². The van der Waals surface area contributed by atoms with Gasteiger partial charge in [-0.15, -0.1) is 0 Å². The molecule has 0 spiro atoms. The summed E-state index contributed by atoms with van der Waals surface area (Å²) in [6.07, 6.45) is 0. The minimum absolute atomic E-state index is 0.0736. The number of nitrogens with one attached hydrogen (secondary N) is 1. The summed E-state index contributed by atoms with van der Waals surface area (Å²) in [5, 5.41) is 2.55. The van der Waals surface area contributed by atoms with Gasteiger partial charge >= 0.3 is 5.97 Å². The van der Waals surface area contributed by atoms with E-state index in [4.69, 9.17) is 14.2 Å². The second-order valence-electron chi connectivity index (χ2n) is 6.09. The van der Waals surface area contributed by atoms with Gasteiger partial charge in [0.05, 0.1) is 7.11 Å². The van der Waals surface area contributed by atoms with Crippen LogP contribution in [-0.2, 0) is 16.1 Å². The average molecular weight is 391 g/mol. The zero-order valence-corrected chi connectivity index (χ0v) is 16.0. The number of rotatable bonds is 8. The quantitative estimate of drug-likeness (QED) is 0.589. The van der Waals surface area contributed by atoms with Gasteiger partial charge in [-0.3, -0.25) is 9.59 Å². The minimum atomic E-state index is -0.534. The highest BCUT2D eigenvalue weighted by atomic mass is 16.5. The molecule has 0 aliphatic carbocycles. The van der Waals surface area contributed by atoms with E-state index < -0.39 is 5.97 Å². The van der Waals surface area contributed by atoms with E-state index in [0.717, 1.165) is 5.56 Å². The molecule has 3 aromatic rings. The summed E-state index contributed by atoms with van der Waals surface area (Å²) in [5.41, 5.74) is 1.17. The fourth-order valence-electron chi connectivity index (χ4n) is 2.58. The number of carbonyl (C=O) groups excluding carboxylic acids is 2. The van der Waals surface area contributed by atoms with Crippen LogP contribution in [0.15, 0.2) is 78.9 Å². The number of hydrogen-bond acceptors (Lipinski definition) is 5. The Labute approximate surface area is 169 Å². The maximum absolute atomic E-state index is 12.2. The van der Waals surface area contributed by atoms with Crippen molar-refractivity contribution in [2.45, 2.75) is 6.61 Å². The first-order chi connectivity index (χ1) is 14.2. The molecule has 3 rings (SSSR count). The summed E-state index contributed by atoms with van der Waals surface area (Å²) in [6.45, 7) is -0.152. The number of para-hydroxylation sites is 2. The standard InChI is InChI=1S/C23H21NO5/c1-27-21-10-6-5-7-18(21)16-28-22(25)15-24-23(26)17-11-13-20(14-12-17)29-19-8-3-2-4-9-19/h2-14H,15-16H2,1H3,(H,24,26). The fraction of sp³-hybridized carbons (Fsp3) is 0.130. The van der Waals surface area contributed by atoms with Crippen LogP contribution in [0, 0.1) is 0 Å². The van der Waals surface area contributed by atoms with Crippen LogP contribution in [0.5, 0.6) is 17.2 Å². The second-order valence-corrected chi connectivity index (χ2v) is 6.09. The van der Waals surface area contributed by atoms with Crippen molar-refractivity contribution in [1.82, 2.24) is 5.32 Å². The Morgan fingerprint density at radius 1 is 0.828 bits per heavy atom. The maximum Gasteiger partial charge on any atom is 0.325 e. The van der Waals surface area contributed by atoms with E-state index in [1.54, 1.807) is 37.4 Å². The lowest BCUT2D eigenvalue weighted by Crippen LogP contribution is -2.30. The van der Waals surface area contributed by atoms with Gasteiger partial charge in [0.25, 0.3) is 5.91 Å². The van der Waals surface area contributed by atoms with Crippen LogP contribution in [0.1, 0.15) is 15.9 Å². The summed E-state index contributed by atoms with van der Waals surface area (Å²) in [7, 11) is 1.55. The van der Waals surface area contributed by atoms with Crippen molar-refractivity contribution in [3.05, 3.63) is 90.0 Å². The number of esters is 1. The lowest BCUT2D eigenvalue weighted by atomic mass is 10.2. The molecule has 0 saturated carbocycles. The number of hydrogen-bond donors (Lipinski definition) is 1. The Balaban J connectivity index is 1.46. The van der Waals surface area contributed by atoms with Gasteiger partial charge in [-0.2, -0.15) is 0 Å². The van der Waals surface area contributed by atoms with Gasteiger partial charge in [0, 0.05) is 11.1 Å². The lowest BCUT2D eigenvalue weighted by Gasteiger charge is -2.10. The number of methoxy groups -OCH3 is 1. The molecule has 0 heterocycles. The molecule has 0 aromatic heterocycles. The smallest absolute Gasteiger partial charge is 0.325 e. The third kappa shape index (κ3) is 5.84. The van der Waals surface area contributed by atoms with E-state index in [-0.39, 0.29) is 19.1 Å². The third-order valence-corrected chi connectivity index (χ3v) is 4.07. The lowest BCUT2D eigenvalue weighted by molar-refractivity contribution is -0.143. The molecule has 148 valence electrons. The zero-order chi connectivity index (χ0) is 20.5. The largest absolute Gasteiger partial charge is 0.496 e. The average Bonchev–Trinajstić information content (AvgIpc) is 2.77. The fourth-order valence-corrected chi connectivity index (χ4v) is 2.58. The first kappa shape index (κ1) is 19.9. The molecule has 1 N–H and O–H groups in total. The molecule has 0 radical (unpaired) electrons. The van der Waals surface area contributed by atoms with Crippen molar-refractivity contribution in [2.24, 2.45) is 0 Å². The van der Waals surface area contributed by atoms with E-state index in [0.29, 0.717) is 22.8 Å². The van der Waals surface area contributed by atoms with Crippen LogP contribution in [-0.4, -0.2) is 25.5 Å². The molecule has 0 bridgehead atoms. The monoisotopic (exact) mass is 391 g/mol. The summed E-state index contributed by atoms with van der Waals surface area (Å²) in [5.74, 6) is 1.06. The van der Waals surface area contributed by atoms with Crippen molar-refractivity contribution in [2.75, 3.05) is 13.7 Å². The minimum Gasteiger partial charge on any atom is -0.496 e. The first-order valence-electron chi connectivity index (χ1n) is 9.04. The molecule has 1 amide bonds. The zero-order valence-electron chi connectivity index (χ0n) is 16.0. The Kier molecular flexibility index (Phi) is 6.84. The molecule has 0 aliphatic heterocycles. The third-order valence-electron chi connectivity index (χ3n) is 4.07. The highest BCUT2D eigenvalue weighted by molar-refractivity contribution is 5.96. The van der Waals surface area contributed by atoms with Crippen molar-refractivity contribution >= 4 is 11.9 Å². The Morgan fingerprint density at radius 3 is 2.21 bits per heavy atom. The van der Waals surface area contributed by atoms with Gasteiger partial charge in [-0.05, 0) is 42.5 Å². The van der Waals surface area contributed by atoms with Crippen LogP contribution >= 0.6 is 0 Å². The van der Waals surface area contributed by atoms with Gasteiger partial charge in [0.2, 0.25) is 0 Å². The van der Waals surface area contributed by atoms with Crippen molar-refractivity contribution in [3.8, 4) is 17.2 Å². The van der Waals surface area contributed by atoms with Gasteiger partial charge in [-0.1, -0.05) is 36.4 Å². The second kappa shape index (κ2) is 9.94. The van der Waals surface area contributed by atoms with Gasteiger partial charge in [0.1, 0.15) is 30.4 Å². The molecular weight excluding hydrogens is 370 g/mol. The summed E-state index contributed by atoms with van der Waals surface area (Å²) in [4.78, 5) is 24.1.